The Kier molecular flexibility index (Phi) is 6.68. The lowest BCUT2D eigenvalue weighted by molar-refractivity contribution is -0.113. The Bertz CT molecular complexity index is 1080. The van der Waals surface area contributed by atoms with Crippen LogP contribution < -0.4 is 10.0 Å². The van der Waals surface area contributed by atoms with Gasteiger partial charge in [0.15, 0.2) is 5.16 Å². The van der Waals surface area contributed by atoms with Crippen LogP contribution in [-0.2, 0) is 28.4 Å². The first-order valence-electron chi connectivity index (χ1n) is 8.77. The van der Waals surface area contributed by atoms with Crippen molar-refractivity contribution in [2.24, 2.45) is 7.05 Å². The highest BCUT2D eigenvalue weighted by atomic mass is 32.2. The van der Waals surface area contributed by atoms with Gasteiger partial charge in [0.1, 0.15) is 5.82 Å². The summed E-state index contributed by atoms with van der Waals surface area (Å²) in [5, 5.41) is 11.4. The molecule has 0 radical (unpaired) electrons. The van der Waals surface area contributed by atoms with Gasteiger partial charge in [-0.05, 0) is 31.2 Å². The number of carbonyl (C=O) groups excluding carboxylic acids is 1. The van der Waals surface area contributed by atoms with Crippen molar-refractivity contribution >= 4 is 33.4 Å². The highest BCUT2D eigenvalue weighted by molar-refractivity contribution is 7.99. The molecule has 0 aliphatic heterocycles. The van der Waals surface area contributed by atoms with Gasteiger partial charge >= 0.3 is 0 Å². The van der Waals surface area contributed by atoms with E-state index in [0.29, 0.717) is 11.0 Å². The number of nitrogens with one attached hydrogen (secondary N) is 2. The molecule has 0 saturated heterocycles. The summed E-state index contributed by atoms with van der Waals surface area (Å²) in [6, 6.07) is 15.8. The summed E-state index contributed by atoms with van der Waals surface area (Å²) in [5.74, 6) is 0.452. The molecule has 152 valence electrons. The molecule has 2 N–H and O–H groups in total. The van der Waals surface area contributed by atoms with Crippen LogP contribution >= 0.6 is 11.8 Å². The molecule has 29 heavy (non-hydrogen) atoms. The van der Waals surface area contributed by atoms with Crippen LogP contribution in [0.25, 0.3) is 0 Å². The third kappa shape index (κ3) is 5.66. The molecule has 1 heterocycles. The number of thioether (sulfide) groups is 1. The van der Waals surface area contributed by atoms with Crippen molar-refractivity contribution in [1.82, 2.24) is 19.5 Å². The molecule has 0 bridgehead atoms. The number of anilines is 1. The Morgan fingerprint density at radius 2 is 1.76 bits per heavy atom. The molecular formula is C19H21N5O3S2. The molecule has 0 spiro atoms. The maximum absolute atomic E-state index is 12.4. The second-order valence-electron chi connectivity index (χ2n) is 6.30. The van der Waals surface area contributed by atoms with E-state index >= 15 is 0 Å². The quantitative estimate of drug-likeness (QED) is 0.530. The topological polar surface area (TPSA) is 106 Å². The Balaban J connectivity index is 1.56. The third-order valence-corrected chi connectivity index (χ3v) is 6.50. The van der Waals surface area contributed by atoms with Gasteiger partial charge in [0.25, 0.3) is 0 Å². The summed E-state index contributed by atoms with van der Waals surface area (Å²) in [5.41, 5.74) is 1.71. The number of hydrogen-bond donors (Lipinski definition) is 2. The highest BCUT2D eigenvalue weighted by Gasteiger charge is 2.17. The van der Waals surface area contributed by atoms with Crippen molar-refractivity contribution in [3.05, 3.63) is 66.0 Å². The Morgan fingerprint density at radius 3 is 2.45 bits per heavy atom. The Morgan fingerprint density at radius 1 is 1.07 bits per heavy atom. The van der Waals surface area contributed by atoms with Gasteiger partial charge in [-0.1, -0.05) is 47.7 Å². The first kappa shape index (κ1) is 21.0. The normalized spacial score (nSPS) is 11.4. The molecule has 10 heteroatoms. The maximum atomic E-state index is 12.4. The number of sulfonamides is 1. The number of nitrogens with zero attached hydrogens (tertiary/aromatic N) is 3. The van der Waals surface area contributed by atoms with Crippen molar-refractivity contribution in [2.45, 2.75) is 23.5 Å². The molecule has 0 aliphatic rings. The van der Waals surface area contributed by atoms with Gasteiger partial charge in [-0.25, -0.2) is 13.1 Å². The smallest absolute Gasteiger partial charge is 0.240 e. The van der Waals surface area contributed by atoms with Crippen LogP contribution in [0.1, 0.15) is 11.4 Å². The van der Waals surface area contributed by atoms with Crippen LogP contribution in [0.5, 0.6) is 0 Å². The summed E-state index contributed by atoms with van der Waals surface area (Å²) < 4.78 is 29.0. The lowest BCUT2D eigenvalue weighted by Gasteiger charge is -2.08. The van der Waals surface area contributed by atoms with E-state index in [2.05, 4.69) is 20.2 Å². The second-order valence-corrected chi connectivity index (χ2v) is 9.01. The largest absolute Gasteiger partial charge is 0.325 e. The first-order chi connectivity index (χ1) is 13.8. The summed E-state index contributed by atoms with van der Waals surface area (Å²) in [6.07, 6.45) is 0. The minimum atomic E-state index is -3.65. The molecule has 2 aromatic carbocycles. The Labute approximate surface area is 173 Å². The van der Waals surface area contributed by atoms with Gasteiger partial charge in [0.05, 0.1) is 17.2 Å². The number of hydrogen-bond acceptors (Lipinski definition) is 6. The molecule has 0 saturated carbocycles. The van der Waals surface area contributed by atoms with Gasteiger partial charge in [-0.3, -0.25) is 4.79 Å². The molecule has 0 unspecified atom stereocenters. The van der Waals surface area contributed by atoms with E-state index in [9.17, 15) is 13.2 Å². The molecule has 0 aliphatic carbocycles. The molecule has 0 atom stereocenters. The van der Waals surface area contributed by atoms with Gasteiger partial charge in [0, 0.05) is 12.7 Å². The highest BCUT2D eigenvalue weighted by Crippen LogP contribution is 2.17. The van der Waals surface area contributed by atoms with Crippen LogP contribution in [0.4, 0.5) is 5.69 Å². The van der Waals surface area contributed by atoms with Crippen LogP contribution in [0.2, 0.25) is 0 Å². The summed E-state index contributed by atoms with van der Waals surface area (Å²) in [4.78, 5) is 12.3. The number of benzene rings is 2. The SMILES string of the molecule is Cc1ccc(S(=O)(=O)NCc2nnc(SCC(=O)Nc3ccccc3)n2C)cc1. The van der Waals surface area contributed by atoms with E-state index in [1.165, 1.54) is 11.8 Å². The van der Waals surface area contributed by atoms with Crippen LogP contribution in [0.3, 0.4) is 0 Å². The summed E-state index contributed by atoms with van der Waals surface area (Å²) in [7, 11) is -1.92. The van der Waals surface area contributed by atoms with Gasteiger partial charge in [-0.15, -0.1) is 10.2 Å². The molecule has 1 amide bonds. The number of aryl methyl sites for hydroxylation is 1. The van der Waals surface area contributed by atoms with Crippen molar-refractivity contribution in [2.75, 3.05) is 11.1 Å². The monoisotopic (exact) mass is 431 g/mol. The number of amides is 1. The zero-order valence-corrected chi connectivity index (χ0v) is 17.6. The number of rotatable bonds is 8. The molecule has 8 nitrogen and oxygen atoms in total. The molecule has 1 aromatic heterocycles. The van der Waals surface area contributed by atoms with E-state index < -0.39 is 10.0 Å². The molecule has 3 rings (SSSR count). The third-order valence-electron chi connectivity index (χ3n) is 4.07. The van der Waals surface area contributed by atoms with Gasteiger partial charge in [0.2, 0.25) is 15.9 Å². The van der Waals surface area contributed by atoms with Gasteiger partial charge in [-0.2, -0.15) is 0 Å². The fourth-order valence-electron chi connectivity index (χ4n) is 2.43. The van der Waals surface area contributed by atoms with Crippen LogP contribution in [-0.4, -0.2) is 34.8 Å². The lowest BCUT2D eigenvalue weighted by atomic mass is 10.2. The lowest BCUT2D eigenvalue weighted by Crippen LogP contribution is -2.24. The standard InChI is InChI=1S/C19H21N5O3S2/c1-14-8-10-16(11-9-14)29(26,27)20-12-17-22-23-19(24(17)2)28-13-18(25)21-15-6-4-3-5-7-15/h3-11,20H,12-13H2,1-2H3,(H,21,25). The average Bonchev–Trinajstić information content (AvgIpc) is 3.06. The number of carbonyl (C=O) groups is 1. The van der Waals surface area contributed by atoms with Crippen molar-refractivity contribution in [1.29, 1.82) is 0 Å². The minimum absolute atomic E-state index is 0.00349. The molecule has 3 aromatic rings. The van der Waals surface area contributed by atoms with E-state index in [0.717, 1.165) is 11.3 Å². The zero-order valence-electron chi connectivity index (χ0n) is 16.0. The molecule has 0 fully saturated rings. The predicted molar refractivity (Wildman–Crippen MR) is 112 cm³/mol. The summed E-state index contributed by atoms with van der Waals surface area (Å²) in [6.45, 7) is 1.89. The van der Waals surface area contributed by atoms with Crippen LogP contribution in [0, 0.1) is 6.92 Å². The van der Waals surface area contributed by atoms with Crippen molar-refractivity contribution in [3.8, 4) is 0 Å². The van der Waals surface area contributed by atoms with E-state index in [1.807, 2.05) is 37.3 Å². The van der Waals surface area contributed by atoms with E-state index in [1.54, 1.807) is 35.9 Å². The van der Waals surface area contributed by atoms with Crippen LogP contribution in [0.15, 0.2) is 64.6 Å². The fraction of sp³-hybridized carbons (Fsp3) is 0.211. The zero-order chi connectivity index (χ0) is 20.9. The van der Waals surface area contributed by atoms with Gasteiger partial charge < -0.3 is 9.88 Å². The van der Waals surface area contributed by atoms with Crippen molar-refractivity contribution < 1.29 is 13.2 Å². The fourth-order valence-corrected chi connectivity index (χ4v) is 4.14. The number of para-hydroxylation sites is 1. The predicted octanol–water partition coefficient (Wildman–Crippen LogP) is 2.33. The average molecular weight is 432 g/mol. The minimum Gasteiger partial charge on any atom is -0.325 e. The first-order valence-corrected chi connectivity index (χ1v) is 11.2. The second kappa shape index (κ2) is 9.21. The number of aromatic nitrogens is 3. The van der Waals surface area contributed by atoms with E-state index in [4.69, 9.17) is 0 Å². The molecular weight excluding hydrogens is 410 g/mol. The van der Waals surface area contributed by atoms with E-state index in [-0.39, 0.29) is 23.1 Å². The summed E-state index contributed by atoms with van der Waals surface area (Å²) >= 11 is 1.23. The Hall–Kier alpha value is -2.69. The van der Waals surface area contributed by atoms with Crippen molar-refractivity contribution in [3.63, 3.8) is 0 Å². The maximum Gasteiger partial charge on any atom is 0.240 e.